The Bertz CT molecular complexity index is 525. The number of amides is 1. The molecule has 1 aliphatic rings. The van der Waals surface area contributed by atoms with E-state index in [1.54, 1.807) is 25.1 Å². The van der Waals surface area contributed by atoms with E-state index in [9.17, 15) is 10.0 Å². The molecule has 0 radical (unpaired) electrons. The second-order valence-electron chi connectivity index (χ2n) is 4.79. The highest BCUT2D eigenvalue weighted by Gasteiger charge is 2.42. The second-order valence-corrected chi connectivity index (χ2v) is 5.79. The number of hydrogen-bond acceptors (Lipinski definition) is 4. The van der Waals surface area contributed by atoms with Crippen LogP contribution in [0.25, 0.3) is 0 Å². The molecular formula is C13H15N3O2S. The molecule has 1 aromatic rings. The topological polar surface area (TPSA) is 79.8 Å². The van der Waals surface area contributed by atoms with Crippen molar-refractivity contribution >= 4 is 17.7 Å². The van der Waals surface area contributed by atoms with Gasteiger partial charge in [-0.25, -0.2) is 0 Å². The first-order chi connectivity index (χ1) is 9.05. The lowest BCUT2D eigenvalue weighted by Crippen LogP contribution is -2.47. The predicted octanol–water partition coefficient (Wildman–Crippen LogP) is 1.22. The molecule has 6 heteroatoms. The zero-order chi connectivity index (χ0) is 13.9. The van der Waals surface area contributed by atoms with E-state index in [-0.39, 0.29) is 17.6 Å². The third kappa shape index (κ3) is 3.38. The van der Waals surface area contributed by atoms with Gasteiger partial charge in [0.2, 0.25) is 5.91 Å². The zero-order valence-corrected chi connectivity index (χ0v) is 11.4. The molecule has 0 bridgehead atoms. The first-order valence-electron chi connectivity index (χ1n) is 6.08. The van der Waals surface area contributed by atoms with Crippen LogP contribution in [-0.4, -0.2) is 17.2 Å². The molecule has 1 atom stereocenters. The highest BCUT2D eigenvalue weighted by Crippen LogP contribution is 2.39. The Morgan fingerprint density at radius 2 is 2.42 bits per heavy atom. The Balaban J connectivity index is 1.88. The molecule has 0 aromatic carbocycles. The number of nitrogens with zero attached hydrogens (tertiary/aromatic N) is 2. The van der Waals surface area contributed by atoms with Crippen molar-refractivity contribution < 1.29 is 9.52 Å². The number of nitriles is 1. The Kier molecular flexibility index (Phi) is 3.96. The molecule has 19 heavy (non-hydrogen) atoms. The maximum atomic E-state index is 11.8. The van der Waals surface area contributed by atoms with Gasteiger partial charge in [0.05, 0.1) is 11.8 Å². The first-order valence-corrected chi connectivity index (χ1v) is 7.07. The summed E-state index contributed by atoms with van der Waals surface area (Å²) in [5.74, 6) is 0.174. The van der Waals surface area contributed by atoms with Crippen LogP contribution in [0.1, 0.15) is 19.8 Å². The van der Waals surface area contributed by atoms with Crippen molar-refractivity contribution in [2.75, 3.05) is 5.75 Å². The monoisotopic (exact) mass is 277 g/mol. The van der Waals surface area contributed by atoms with Gasteiger partial charge in [-0.05, 0) is 43.5 Å². The minimum atomic E-state index is -0.776. The largest absolute Gasteiger partial charge is 0.618 e. The van der Waals surface area contributed by atoms with Gasteiger partial charge in [0.15, 0.2) is 6.20 Å². The summed E-state index contributed by atoms with van der Waals surface area (Å²) in [4.78, 5) is 11.8. The number of pyridine rings is 1. The van der Waals surface area contributed by atoms with E-state index in [0.717, 1.165) is 17.6 Å². The second kappa shape index (κ2) is 5.49. The molecule has 1 aliphatic carbocycles. The molecule has 1 heterocycles. The van der Waals surface area contributed by atoms with Gasteiger partial charge in [-0.3, -0.25) is 4.79 Å². The van der Waals surface area contributed by atoms with Crippen LogP contribution in [0.15, 0.2) is 29.4 Å². The van der Waals surface area contributed by atoms with E-state index < -0.39 is 5.54 Å². The van der Waals surface area contributed by atoms with Gasteiger partial charge in [0.25, 0.3) is 5.03 Å². The van der Waals surface area contributed by atoms with Crippen molar-refractivity contribution in [1.29, 1.82) is 5.26 Å². The van der Waals surface area contributed by atoms with E-state index >= 15 is 0 Å². The van der Waals surface area contributed by atoms with E-state index in [1.807, 2.05) is 0 Å². The van der Waals surface area contributed by atoms with Crippen LogP contribution in [0, 0.1) is 22.5 Å². The Morgan fingerprint density at radius 3 is 3.00 bits per heavy atom. The van der Waals surface area contributed by atoms with Crippen LogP contribution in [-0.2, 0) is 4.79 Å². The minimum absolute atomic E-state index is 0.135. The van der Waals surface area contributed by atoms with Gasteiger partial charge >= 0.3 is 0 Å². The Morgan fingerprint density at radius 1 is 1.68 bits per heavy atom. The fraction of sp³-hybridized carbons (Fsp3) is 0.462. The lowest BCUT2D eigenvalue weighted by atomic mass is 9.98. The maximum absolute atomic E-state index is 11.8. The molecule has 0 spiro atoms. The summed E-state index contributed by atoms with van der Waals surface area (Å²) in [5, 5.41) is 23.8. The number of carbonyl (C=O) groups is 1. The molecule has 0 unspecified atom stereocenters. The average Bonchev–Trinajstić information content (AvgIpc) is 3.22. The lowest BCUT2D eigenvalue weighted by molar-refractivity contribution is -0.645. The van der Waals surface area contributed by atoms with Gasteiger partial charge in [0.1, 0.15) is 5.54 Å². The van der Waals surface area contributed by atoms with Crippen molar-refractivity contribution in [1.82, 2.24) is 5.32 Å². The van der Waals surface area contributed by atoms with Crippen molar-refractivity contribution in [3.05, 3.63) is 29.6 Å². The number of hydrogen-bond donors (Lipinski definition) is 1. The molecule has 1 amide bonds. The number of thioether (sulfide) groups is 1. The van der Waals surface area contributed by atoms with E-state index in [1.165, 1.54) is 18.0 Å². The number of rotatable bonds is 5. The fourth-order valence-corrected chi connectivity index (χ4v) is 2.59. The first kappa shape index (κ1) is 13.7. The summed E-state index contributed by atoms with van der Waals surface area (Å²) in [5.41, 5.74) is -0.776. The van der Waals surface area contributed by atoms with Crippen LogP contribution in [0.2, 0.25) is 0 Å². The average molecular weight is 277 g/mol. The van der Waals surface area contributed by atoms with Crippen LogP contribution in [0.3, 0.4) is 0 Å². The third-order valence-corrected chi connectivity index (χ3v) is 4.18. The molecule has 1 saturated carbocycles. The van der Waals surface area contributed by atoms with E-state index in [2.05, 4.69) is 11.4 Å². The van der Waals surface area contributed by atoms with Crippen LogP contribution in [0.4, 0.5) is 0 Å². The molecular weight excluding hydrogens is 262 g/mol. The summed E-state index contributed by atoms with van der Waals surface area (Å²) in [7, 11) is 0. The summed E-state index contributed by atoms with van der Waals surface area (Å²) in [6.07, 6.45) is 3.36. The molecule has 0 saturated heterocycles. The fourth-order valence-electron chi connectivity index (χ4n) is 1.87. The van der Waals surface area contributed by atoms with Gasteiger partial charge in [-0.2, -0.15) is 9.99 Å². The highest BCUT2D eigenvalue weighted by molar-refractivity contribution is 7.99. The SMILES string of the molecule is C[C@](C#N)(NC(=O)CSc1cccc[n+]1[O-])C1CC1. The number of carbonyl (C=O) groups excluding carboxylic acids is 1. The van der Waals surface area contributed by atoms with Gasteiger partial charge in [-0.15, -0.1) is 0 Å². The van der Waals surface area contributed by atoms with E-state index in [0.29, 0.717) is 5.03 Å². The van der Waals surface area contributed by atoms with Crippen molar-refractivity contribution in [3.63, 3.8) is 0 Å². The van der Waals surface area contributed by atoms with Gasteiger partial charge < -0.3 is 10.5 Å². The van der Waals surface area contributed by atoms with Gasteiger partial charge in [0, 0.05) is 12.1 Å². The molecule has 100 valence electrons. The normalized spacial score (nSPS) is 17.3. The molecule has 1 aromatic heterocycles. The predicted molar refractivity (Wildman–Crippen MR) is 71.0 cm³/mol. The Hall–Kier alpha value is -1.74. The van der Waals surface area contributed by atoms with Crippen molar-refractivity contribution in [2.24, 2.45) is 5.92 Å². The quantitative estimate of drug-likeness (QED) is 0.498. The van der Waals surface area contributed by atoms with Crippen LogP contribution >= 0.6 is 11.8 Å². The number of aromatic nitrogens is 1. The Labute approximate surface area is 116 Å². The van der Waals surface area contributed by atoms with Gasteiger partial charge in [-0.1, -0.05) is 0 Å². The van der Waals surface area contributed by atoms with Crippen molar-refractivity contribution in [2.45, 2.75) is 30.3 Å². The minimum Gasteiger partial charge on any atom is -0.618 e. The smallest absolute Gasteiger partial charge is 0.251 e. The van der Waals surface area contributed by atoms with E-state index in [4.69, 9.17) is 5.26 Å². The number of nitrogens with one attached hydrogen (secondary N) is 1. The van der Waals surface area contributed by atoms with Crippen LogP contribution in [0.5, 0.6) is 0 Å². The summed E-state index contributed by atoms with van der Waals surface area (Å²) in [6, 6.07) is 7.22. The standard InChI is InChI=1S/C13H15N3O2S/c1-13(9-14,10-5-6-10)15-11(17)8-19-12-4-2-3-7-16(12)18/h2-4,7,10H,5-6,8H2,1H3,(H,15,17)/t13-/m1/s1. The summed E-state index contributed by atoms with van der Waals surface area (Å²) < 4.78 is 0.725. The third-order valence-electron chi connectivity index (χ3n) is 3.16. The molecule has 5 nitrogen and oxygen atoms in total. The molecule has 2 rings (SSSR count). The molecule has 1 fully saturated rings. The molecule has 1 N–H and O–H groups in total. The zero-order valence-electron chi connectivity index (χ0n) is 10.6. The van der Waals surface area contributed by atoms with Crippen molar-refractivity contribution in [3.8, 4) is 6.07 Å². The summed E-state index contributed by atoms with van der Waals surface area (Å²) in [6.45, 7) is 1.75. The summed E-state index contributed by atoms with van der Waals surface area (Å²) >= 11 is 1.17. The maximum Gasteiger partial charge on any atom is 0.251 e. The highest BCUT2D eigenvalue weighted by atomic mass is 32.2. The lowest BCUT2D eigenvalue weighted by Gasteiger charge is -2.22. The van der Waals surface area contributed by atoms with Crippen LogP contribution < -0.4 is 10.0 Å². The molecule has 0 aliphatic heterocycles.